The summed E-state index contributed by atoms with van der Waals surface area (Å²) in [4.78, 5) is 11.7. The second-order valence-electron chi connectivity index (χ2n) is 5.88. The Labute approximate surface area is 116 Å². The molecule has 0 spiro atoms. The normalized spacial score (nSPS) is 21.7. The van der Waals surface area contributed by atoms with Gasteiger partial charge >= 0.3 is 0 Å². The van der Waals surface area contributed by atoms with Gasteiger partial charge in [-0.25, -0.2) is 0 Å². The topological polar surface area (TPSA) is 50.4 Å². The molecular formula is C15H28N2O2. The Balaban J connectivity index is 1.43. The molecule has 4 heteroatoms. The largest absolute Gasteiger partial charge is 0.378 e. The smallest absolute Gasteiger partial charge is 0.220 e. The van der Waals surface area contributed by atoms with Crippen molar-refractivity contribution in [1.82, 2.24) is 10.6 Å². The summed E-state index contributed by atoms with van der Waals surface area (Å²) in [6.45, 7) is 3.68. The van der Waals surface area contributed by atoms with Crippen LogP contribution in [-0.2, 0) is 9.53 Å². The van der Waals surface area contributed by atoms with Crippen LogP contribution in [-0.4, -0.2) is 38.3 Å². The third-order valence-corrected chi connectivity index (χ3v) is 4.23. The van der Waals surface area contributed by atoms with Crippen LogP contribution in [0.1, 0.15) is 51.4 Å². The molecule has 110 valence electrons. The molecule has 0 bridgehead atoms. The first-order valence-corrected chi connectivity index (χ1v) is 7.93. The molecule has 0 unspecified atom stereocenters. The maximum absolute atomic E-state index is 11.7. The zero-order chi connectivity index (χ0) is 13.3. The van der Waals surface area contributed by atoms with E-state index in [0.717, 1.165) is 51.9 Å². The number of hydrogen-bond acceptors (Lipinski definition) is 3. The first kappa shape index (κ1) is 14.8. The van der Waals surface area contributed by atoms with E-state index in [1.165, 1.54) is 25.7 Å². The zero-order valence-corrected chi connectivity index (χ0v) is 12.0. The predicted octanol–water partition coefficient (Wildman–Crippen LogP) is 1.84. The van der Waals surface area contributed by atoms with Gasteiger partial charge in [0, 0.05) is 19.6 Å². The van der Waals surface area contributed by atoms with Gasteiger partial charge in [0.25, 0.3) is 0 Å². The molecule has 0 aromatic carbocycles. The van der Waals surface area contributed by atoms with Gasteiger partial charge in [0.2, 0.25) is 5.91 Å². The Bertz CT molecular complexity index is 259. The van der Waals surface area contributed by atoms with Gasteiger partial charge < -0.3 is 15.4 Å². The Morgan fingerprint density at radius 2 is 1.89 bits per heavy atom. The van der Waals surface area contributed by atoms with Crippen molar-refractivity contribution in [3.8, 4) is 0 Å². The predicted molar refractivity (Wildman–Crippen MR) is 76.0 cm³/mol. The summed E-state index contributed by atoms with van der Waals surface area (Å²) in [7, 11) is 0. The fourth-order valence-corrected chi connectivity index (χ4v) is 3.06. The van der Waals surface area contributed by atoms with Crippen LogP contribution in [0.15, 0.2) is 0 Å². The zero-order valence-electron chi connectivity index (χ0n) is 12.0. The van der Waals surface area contributed by atoms with Gasteiger partial charge in [-0.15, -0.1) is 0 Å². The standard InChI is InChI=1S/C15H28N2O2/c18-15(12-13-4-1-2-5-13)17-8-3-11-19-14-6-9-16-10-7-14/h13-14,16H,1-12H2,(H,17,18). The summed E-state index contributed by atoms with van der Waals surface area (Å²) < 4.78 is 5.81. The van der Waals surface area contributed by atoms with Gasteiger partial charge in [-0.2, -0.15) is 0 Å². The molecule has 1 saturated carbocycles. The molecule has 1 saturated heterocycles. The van der Waals surface area contributed by atoms with Gasteiger partial charge in [-0.05, 0) is 51.1 Å². The Hall–Kier alpha value is -0.610. The van der Waals surface area contributed by atoms with Gasteiger partial charge in [0.1, 0.15) is 0 Å². The van der Waals surface area contributed by atoms with Gasteiger partial charge in [-0.1, -0.05) is 12.8 Å². The molecule has 4 nitrogen and oxygen atoms in total. The number of amides is 1. The molecule has 1 aliphatic heterocycles. The average molecular weight is 268 g/mol. The fourth-order valence-electron chi connectivity index (χ4n) is 3.06. The minimum Gasteiger partial charge on any atom is -0.378 e. The van der Waals surface area contributed by atoms with Crippen molar-refractivity contribution in [2.75, 3.05) is 26.2 Å². The van der Waals surface area contributed by atoms with Gasteiger partial charge in [0.15, 0.2) is 0 Å². The minimum atomic E-state index is 0.230. The molecule has 1 heterocycles. The van der Waals surface area contributed by atoms with Crippen LogP contribution in [0.25, 0.3) is 0 Å². The van der Waals surface area contributed by atoms with Gasteiger partial charge in [-0.3, -0.25) is 4.79 Å². The highest BCUT2D eigenvalue weighted by atomic mass is 16.5. The SMILES string of the molecule is O=C(CC1CCCC1)NCCCOC1CCNCC1. The lowest BCUT2D eigenvalue weighted by atomic mass is 10.0. The number of rotatable bonds is 7. The quantitative estimate of drug-likeness (QED) is 0.693. The van der Waals surface area contributed by atoms with Crippen molar-refractivity contribution in [3.05, 3.63) is 0 Å². The van der Waals surface area contributed by atoms with Crippen LogP contribution in [0.5, 0.6) is 0 Å². The third-order valence-electron chi connectivity index (χ3n) is 4.23. The monoisotopic (exact) mass is 268 g/mol. The van der Waals surface area contributed by atoms with E-state index < -0.39 is 0 Å². The van der Waals surface area contributed by atoms with Crippen molar-refractivity contribution >= 4 is 5.91 Å². The fraction of sp³-hybridized carbons (Fsp3) is 0.933. The van der Waals surface area contributed by atoms with E-state index in [1.54, 1.807) is 0 Å². The number of carbonyl (C=O) groups excluding carboxylic acids is 1. The van der Waals surface area contributed by atoms with Crippen LogP contribution in [0.4, 0.5) is 0 Å². The van der Waals surface area contributed by atoms with Crippen molar-refractivity contribution in [2.45, 2.75) is 57.5 Å². The molecule has 2 rings (SSSR count). The maximum Gasteiger partial charge on any atom is 0.220 e. The molecule has 2 fully saturated rings. The van der Waals surface area contributed by atoms with Crippen LogP contribution in [0.3, 0.4) is 0 Å². The van der Waals surface area contributed by atoms with E-state index in [-0.39, 0.29) is 5.91 Å². The third kappa shape index (κ3) is 5.91. The van der Waals surface area contributed by atoms with Crippen molar-refractivity contribution in [2.24, 2.45) is 5.92 Å². The summed E-state index contributed by atoms with van der Waals surface area (Å²) in [5, 5.41) is 6.34. The molecule has 2 aliphatic rings. The highest BCUT2D eigenvalue weighted by molar-refractivity contribution is 5.76. The van der Waals surface area contributed by atoms with E-state index in [9.17, 15) is 4.79 Å². The second-order valence-corrected chi connectivity index (χ2v) is 5.88. The molecule has 0 atom stereocenters. The summed E-state index contributed by atoms with van der Waals surface area (Å²) in [5.74, 6) is 0.875. The van der Waals surface area contributed by atoms with Crippen LogP contribution in [0, 0.1) is 5.92 Å². The Morgan fingerprint density at radius 1 is 1.16 bits per heavy atom. The van der Waals surface area contributed by atoms with E-state index in [2.05, 4.69) is 10.6 Å². The number of ether oxygens (including phenoxy) is 1. The Morgan fingerprint density at radius 3 is 2.63 bits per heavy atom. The highest BCUT2D eigenvalue weighted by Gasteiger charge is 2.18. The van der Waals surface area contributed by atoms with E-state index in [4.69, 9.17) is 4.74 Å². The number of nitrogens with one attached hydrogen (secondary N) is 2. The summed E-state index contributed by atoms with van der Waals surface area (Å²) >= 11 is 0. The lowest BCUT2D eigenvalue weighted by Gasteiger charge is -2.22. The lowest BCUT2D eigenvalue weighted by molar-refractivity contribution is -0.122. The molecular weight excluding hydrogens is 240 g/mol. The minimum absolute atomic E-state index is 0.230. The number of piperidine rings is 1. The van der Waals surface area contributed by atoms with E-state index in [1.807, 2.05) is 0 Å². The van der Waals surface area contributed by atoms with Crippen molar-refractivity contribution in [3.63, 3.8) is 0 Å². The van der Waals surface area contributed by atoms with E-state index >= 15 is 0 Å². The van der Waals surface area contributed by atoms with E-state index in [0.29, 0.717) is 12.0 Å². The summed E-state index contributed by atoms with van der Waals surface area (Å²) in [5.41, 5.74) is 0. The first-order valence-electron chi connectivity index (χ1n) is 7.93. The van der Waals surface area contributed by atoms with Crippen molar-refractivity contribution in [1.29, 1.82) is 0 Å². The molecule has 0 radical (unpaired) electrons. The maximum atomic E-state index is 11.7. The molecule has 1 aliphatic carbocycles. The highest BCUT2D eigenvalue weighted by Crippen LogP contribution is 2.27. The lowest BCUT2D eigenvalue weighted by Crippen LogP contribution is -2.33. The molecule has 1 amide bonds. The van der Waals surface area contributed by atoms with Crippen LogP contribution >= 0.6 is 0 Å². The van der Waals surface area contributed by atoms with Crippen molar-refractivity contribution < 1.29 is 9.53 Å². The molecule has 19 heavy (non-hydrogen) atoms. The first-order chi connectivity index (χ1) is 9.34. The summed E-state index contributed by atoms with van der Waals surface area (Å²) in [6.07, 6.45) is 9.43. The Kier molecular flexibility index (Phi) is 6.65. The second kappa shape index (κ2) is 8.54. The molecule has 0 aromatic heterocycles. The molecule has 0 aromatic rings. The average Bonchev–Trinajstić information content (AvgIpc) is 2.92. The van der Waals surface area contributed by atoms with Crippen LogP contribution < -0.4 is 10.6 Å². The number of carbonyl (C=O) groups is 1. The molecule has 2 N–H and O–H groups in total. The van der Waals surface area contributed by atoms with Gasteiger partial charge in [0.05, 0.1) is 6.10 Å². The number of hydrogen-bond donors (Lipinski definition) is 2. The summed E-state index contributed by atoms with van der Waals surface area (Å²) in [6, 6.07) is 0. The van der Waals surface area contributed by atoms with Crippen LogP contribution in [0.2, 0.25) is 0 Å².